The number of ether oxygens (including phenoxy) is 1. The number of rotatable bonds is 11. The summed E-state index contributed by atoms with van der Waals surface area (Å²) < 4.78 is 5.71. The minimum atomic E-state index is -0.568. The van der Waals surface area contributed by atoms with Crippen LogP contribution in [0.2, 0.25) is 0 Å². The molecular weight excluding hydrogens is 376 g/mol. The van der Waals surface area contributed by atoms with Gasteiger partial charge in [0.15, 0.2) is 6.61 Å². The summed E-state index contributed by atoms with van der Waals surface area (Å²) >= 11 is 0. The number of aryl methyl sites for hydroxylation is 1. The van der Waals surface area contributed by atoms with Gasteiger partial charge in [0.2, 0.25) is 5.91 Å². The van der Waals surface area contributed by atoms with Crippen molar-refractivity contribution in [3.8, 4) is 5.75 Å². The highest BCUT2D eigenvalue weighted by Crippen LogP contribution is 2.13. The van der Waals surface area contributed by atoms with Gasteiger partial charge in [-0.05, 0) is 56.4 Å². The third kappa shape index (κ3) is 7.21. The van der Waals surface area contributed by atoms with E-state index in [4.69, 9.17) is 4.74 Å². The number of hydrogen-bond acceptors (Lipinski definition) is 3. The highest BCUT2D eigenvalue weighted by atomic mass is 16.5. The molecule has 0 saturated heterocycles. The first kappa shape index (κ1) is 23.5. The maximum Gasteiger partial charge on any atom is 0.261 e. The minimum Gasteiger partial charge on any atom is -0.484 e. The maximum atomic E-state index is 13.0. The summed E-state index contributed by atoms with van der Waals surface area (Å²) in [7, 11) is 0. The smallest absolute Gasteiger partial charge is 0.261 e. The van der Waals surface area contributed by atoms with Gasteiger partial charge in [-0.2, -0.15) is 0 Å². The van der Waals surface area contributed by atoms with E-state index in [1.165, 1.54) is 5.56 Å². The zero-order valence-corrected chi connectivity index (χ0v) is 18.6. The summed E-state index contributed by atoms with van der Waals surface area (Å²) in [6.45, 7) is 8.21. The second-order valence-electron chi connectivity index (χ2n) is 7.60. The van der Waals surface area contributed by atoms with Crippen LogP contribution in [-0.2, 0) is 22.4 Å². The number of benzene rings is 2. The predicted octanol–water partition coefficient (Wildman–Crippen LogP) is 4.00. The second kappa shape index (κ2) is 12.0. The van der Waals surface area contributed by atoms with Gasteiger partial charge in [0, 0.05) is 12.6 Å². The fourth-order valence-electron chi connectivity index (χ4n) is 3.08. The van der Waals surface area contributed by atoms with Crippen molar-refractivity contribution in [3.63, 3.8) is 0 Å². The highest BCUT2D eigenvalue weighted by molar-refractivity contribution is 5.88. The third-order valence-electron chi connectivity index (χ3n) is 5.35. The van der Waals surface area contributed by atoms with Crippen molar-refractivity contribution in [1.29, 1.82) is 0 Å². The van der Waals surface area contributed by atoms with Gasteiger partial charge < -0.3 is 15.0 Å². The molecule has 162 valence electrons. The average Bonchev–Trinajstić information content (AvgIpc) is 2.78. The normalized spacial score (nSPS) is 12.7. The molecule has 0 radical (unpaired) electrons. The molecule has 2 aromatic carbocycles. The van der Waals surface area contributed by atoms with Crippen molar-refractivity contribution in [2.75, 3.05) is 13.2 Å². The molecule has 0 aromatic heterocycles. The number of nitrogens with zero attached hydrogens (tertiary/aromatic N) is 1. The Morgan fingerprint density at radius 3 is 2.23 bits per heavy atom. The van der Waals surface area contributed by atoms with Crippen LogP contribution in [0.1, 0.15) is 45.2 Å². The summed E-state index contributed by atoms with van der Waals surface area (Å²) in [4.78, 5) is 27.3. The molecule has 2 atom stereocenters. The van der Waals surface area contributed by atoms with E-state index >= 15 is 0 Å². The van der Waals surface area contributed by atoms with E-state index in [0.717, 1.165) is 18.4 Å². The van der Waals surface area contributed by atoms with Crippen LogP contribution < -0.4 is 10.1 Å². The first-order valence-corrected chi connectivity index (χ1v) is 10.8. The predicted molar refractivity (Wildman–Crippen MR) is 121 cm³/mol. The molecule has 5 heteroatoms. The summed E-state index contributed by atoms with van der Waals surface area (Å²) in [5.74, 6) is 0.315. The Morgan fingerprint density at radius 2 is 1.63 bits per heavy atom. The molecule has 0 saturated carbocycles. The lowest BCUT2D eigenvalue weighted by atomic mass is 10.1. The fraction of sp³-hybridized carbons (Fsp3) is 0.440. The number of nitrogens with one attached hydrogen (secondary N) is 1. The van der Waals surface area contributed by atoms with Crippen LogP contribution in [0.5, 0.6) is 5.75 Å². The lowest BCUT2D eigenvalue weighted by Crippen LogP contribution is -2.51. The van der Waals surface area contributed by atoms with Crippen LogP contribution in [0, 0.1) is 0 Å². The van der Waals surface area contributed by atoms with E-state index in [1.54, 1.807) is 11.8 Å². The number of carbonyl (C=O) groups excluding carboxylic acids is 2. The van der Waals surface area contributed by atoms with Crippen LogP contribution in [-0.4, -0.2) is 41.9 Å². The summed E-state index contributed by atoms with van der Waals surface area (Å²) in [5.41, 5.74) is 2.34. The van der Waals surface area contributed by atoms with Gasteiger partial charge in [0.25, 0.3) is 5.91 Å². The Bertz CT molecular complexity index is 790. The fourth-order valence-corrected chi connectivity index (χ4v) is 3.08. The quantitative estimate of drug-likeness (QED) is 0.609. The second-order valence-corrected chi connectivity index (χ2v) is 7.60. The standard InChI is InChI=1S/C25H34N2O3/c1-5-19(3)26-25(29)20(4)27(17-16-22-10-8-7-9-11-22)24(28)18-30-23-14-12-21(6-2)13-15-23/h7-15,19-20H,5-6,16-18H2,1-4H3,(H,26,29)/t19-,20-/m1/s1. The Morgan fingerprint density at radius 1 is 0.967 bits per heavy atom. The number of hydrogen-bond donors (Lipinski definition) is 1. The van der Waals surface area contributed by atoms with E-state index in [0.29, 0.717) is 18.7 Å². The third-order valence-corrected chi connectivity index (χ3v) is 5.35. The molecule has 30 heavy (non-hydrogen) atoms. The summed E-state index contributed by atoms with van der Waals surface area (Å²) in [6, 6.07) is 17.2. The lowest BCUT2D eigenvalue weighted by molar-refractivity contribution is -0.141. The van der Waals surface area contributed by atoms with Gasteiger partial charge in [-0.25, -0.2) is 0 Å². The van der Waals surface area contributed by atoms with Crippen molar-refractivity contribution in [1.82, 2.24) is 10.2 Å². The van der Waals surface area contributed by atoms with Gasteiger partial charge in [-0.1, -0.05) is 56.3 Å². The lowest BCUT2D eigenvalue weighted by Gasteiger charge is -2.29. The van der Waals surface area contributed by atoms with Crippen LogP contribution >= 0.6 is 0 Å². The first-order chi connectivity index (χ1) is 14.4. The molecule has 0 heterocycles. The highest BCUT2D eigenvalue weighted by Gasteiger charge is 2.26. The maximum absolute atomic E-state index is 13.0. The van der Waals surface area contributed by atoms with Gasteiger partial charge >= 0.3 is 0 Å². The molecule has 0 aliphatic rings. The molecule has 0 aliphatic heterocycles. The van der Waals surface area contributed by atoms with Gasteiger partial charge in [-0.3, -0.25) is 9.59 Å². The molecule has 2 amide bonds. The zero-order valence-electron chi connectivity index (χ0n) is 18.6. The number of carbonyl (C=O) groups is 2. The van der Waals surface area contributed by atoms with Gasteiger partial charge in [0.05, 0.1) is 0 Å². The van der Waals surface area contributed by atoms with E-state index in [-0.39, 0.29) is 24.5 Å². The van der Waals surface area contributed by atoms with E-state index < -0.39 is 6.04 Å². The topological polar surface area (TPSA) is 58.6 Å². The molecular formula is C25H34N2O3. The average molecular weight is 411 g/mol. The van der Waals surface area contributed by atoms with E-state index in [2.05, 4.69) is 12.2 Å². The molecule has 0 fully saturated rings. The monoisotopic (exact) mass is 410 g/mol. The molecule has 0 unspecified atom stereocenters. The zero-order chi connectivity index (χ0) is 21.9. The van der Waals surface area contributed by atoms with Crippen molar-refractivity contribution in [2.24, 2.45) is 0 Å². The molecule has 0 spiro atoms. The molecule has 0 bridgehead atoms. The summed E-state index contributed by atoms with van der Waals surface area (Å²) in [5, 5.41) is 2.98. The van der Waals surface area contributed by atoms with Gasteiger partial charge in [0.1, 0.15) is 11.8 Å². The minimum absolute atomic E-state index is 0.0688. The van der Waals surface area contributed by atoms with Crippen molar-refractivity contribution in [3.05, 3.63) is 65.7 Å². The first-order valence-electron chi connectivity index (χ1n) is 10.8. The largest absolute Gasteiger partial charge is 0.484 e. The Kier molecular flexibility index (Phi) is 9.39. The van der Waals surface area contributed by atoms with Gasteiger partial charge in [-0.15, -0.1) is 0 Å². The van der Waals surface area contributed by atoms with Crippen molar-refractivity contribution >= 4 is 11.8 Å². The van der Waals surface area contributed by atoms with E-state index in [9.17, 15) is 9.59 Å². The molecule has 2 aromatic rings. The molecule has 0 aliphatic carbocycles. The van der Waals surface area contributed by atoms with E-state index in [1.807, 2.05) is 68.4 Å². The Labute approximate surface area is 180 Å². The molecule has 5 nitrogen and oxygen atoms in total. The Balaban J connectivity index is 2.05. The summed E-state index contributed by atoms with van der Waals surface area (Å²) in [6.07, 6.45) is 2.47. The van der Waals surface area contributed by atoms with Crippen molar-refractivity contribution < 1.29 is 14.3 Å². The van der Waals surface area contributed by atoms with Crippen LogP contribution in [0.25, 0.3) is 0 Å². The molecule has 2 rings (SSSR count). The van der Waals surface area contributed by atoms with Crippen LogP contribution in [0.15, 0.2) is 54.6 Å². The number of amides is 2. The molecule has 1 N–H and O–H groups in total. The Hall–Kier alpha value is -2.82. The van der Waals surface area contributed by atoms with Crippen LogP contribution in [0.4, 0.5) is 0 Å². The van der Waals surface area contributed by atoms with Crippen molar-refractivity contribution in [2.45, 2.75) is 59.0 Å². The SMILES string of the molecule is CCc1ccc(OCC(=O)N(CCc2ccccc2)[C@H](C)C(=O)N[C@H](C)CC)cc1. The van der Waals surface area contributed by atoms with Crippen LogP contribution in [0.3, 0.4) is 0 Å².